The molecule has 4 rings (SSSR count). The van der Waals surface area contributed by atoms with Gasteiger partial charge in [0.25, 0.3) is 5.91 Å². The van der Waals surface area contributed by atoms with Gasteiger partial charge >= 0.3 is 0 Å². The van der Waals surface area contributed by atoms with E-state index in [1.807, 2.05) is 0 Å². The molecule has 0 aliphatic carbocycles. The maximum atomic E-state index is 14.0. The fourth-order valence-corrected chi connectivity index (χ4v) is 4.43. The minimum atomic E-state index is -1.17. The molecule has 1 fully saturated rings. The largest absolute Gasteiger partial charge is 0.386 e. The van der Waals surface area contributed by atoms with Crippen molar-refractivity contribution < 1.29 is 23.4 Å². The lowest BCUT2D eigenvalue weighted by Crippen LogP contribution is -2.58. The number of hydrogen-bond donors (Lipinski definition) is 3. The van der Waals surface area contributed by atoms with Crippen molar-refractivity contribution in [3.63, 3.8) is 0 Å². The van der Waals surface area contributed by atoms with Crippen LogP contribution < -0.4 is 11.1 Å². The van der Waals surface area contributed by atoms with Crippen molar-refractivity contribution in [1.82, 2.24) is 9.97 Å². The summed E-state index contributed by atoms with van der Waals surface area (Å²) in [5, 5.41) is 14.7. The van der Waals surface area contributed by atoms with Crippen molar-refractivity contribution in [2.75, 3.05) is 5.32 Å². The lowest BCUT2D eigenvalue weighted by molar-refractivity contribution is -0.171. The van der Waals surface area contributed by atoms with Gasteiger partial charge in [-0.1, -0.05) is 6.07 Å². The van der Waals surface area contributed by atoms with Crippen LogP contribution >= 0.6 is 11.3 Å². The Morgan fingerprint density at radius 3 is 2.75 bits per heavy atom. The van der Waals surface area contributed by atoms with Crippen LogP contribution in [-0.2, 0) is 4.74 Å². The SMILES string of the molecule is C[C@H]1O[C@@H](c2ccncc2NC(=O)c2csc(-c3c(F)cccc3F)n2)C[C@@H](N)[C@]1(C)O. The van der Waals surface area contributed by atoms with Gasteiger partial charge in [0, 0.05) is 23.2 Å². The van der Waals surface area contributed by atoms with E-state index >= 15 is 0 Å². The third-order valence-corrected chi connectivity index (χ3v) is 6.63. The van der Waals surface area contributed by atoms with Gasteiger partial charge in [-0.25, -0.2) is 13.8 Å². The second-order valence-corrected chi connectivity index (χ2v) is 8.74. The number of rotatable bonds is 4. The first-order chi connectivity index (χ1) is 15.2. The molecule has 1 aliphatic rings. The smallest absolute Gasteiger partial charge is 0.275 e. The quantitative estimate of drug-likeness (QED) is 0.548. The van der Waals surface area contributed by atoms with Crippen molar-refractivity contribution in [2.24, 2.45) is 5.73 Å². The number of nitrogens with two attached hydrogens (primary N) is 1. The molecule has 0 bridgehead atoms. The number of carbonyl (C=O) groups is 1. The third kappa shape index (κ3) is 4.14. The van der Waals surface area contributed by atoms with Gasteiger partial charge in [0.2, 0.25) is 0 Å². The predicted octanol–water partition coefficient (Wildman–Crippen LogP) is 3.66. The van der Waals surface area contributed by atoms with E-state index in [-0.39, 0.29) is 16.3 Å². The molecule has 1 saturated heterocycles. The molecule has 7 nitrogen and oxygen atoms in total. The molecule has 1 aromatic carbocycles. The summed E-state index contributed by atoms with van der Waals surface area (Å²) in [6.07, 6.45) is 2.40. The highest BCUT2D eigenvalue weighted by Crippen LogP contribution is 2.38. The van der Waals surface area contributed by atoms with Crippen LogP contribution in [0.15, 0.2) is 42.0 Å². The normalized spacial score (nSPS) is 25.5. The van der Waals surface area contributed by atoms with E-state index in [1.165, 1.54) is 17.6 Å². The fourth-order valence-electron chi connectivity index (χ4n) is 3.58. The molecule has 4 N–H and O–H groups in total. The molecule has 1 aliphatic heterocycles. The minimum Gasteiger partial charge on any atom is -0.386 e. The van der Waals surface area contributed by atoms with Gasteiger partial charge in [0.05, 0.1) is 29.7 Å². The van der Waals surface area contributed by atoms with Crippen LogP contribution in [-0.4, -0.2) is 38.7 Å². The van der Waals surface area contributed by atoms with Crippen LogP contribution in [0.2, 0.25) is 0 Å². The van der Waals surface area contributed by atoms with Gasteiger partial charge in [-0.15, -0.1) is 11.3 Å². The lowest BCUT2D eigenvalue weighted by Gasteiger charge is -2.44. The summed E-state index contributed by atoms with van der Waals surface area (Å²) >= 11 is 0.966. The Morgan fingerprint density at radius 1 is 1.34 bits per heavy atom. The van der Waals surface area contributed by atoms with E-state index in [0.29, 0.717) is 17.7 Å². The molecule has 3 aromatic rings. The standard InChI is InChI=1S/C22H22F2N4O3S/c1-11-22(2,30)18(25)8-17(31-11)12-6-7-26-9-15(12)27-20(29)16-10-32-21(28-16)19-13(23)4-3-5-14(19)24/h3-7,9-11,17-18,30H,8,25H2,1-2H3,(H,27,29)/t11-,17-,18-,22-/m1/s1. The minimum absolute atomic E-state index is 0.0139. The van der Waals surface area contributed by atoms with Gasteiger partial charge < -0.3 is 20.9 Å². The summed E-state index contributed by atoms with van der Waals surface area (Å²) in [5.41, 5.74) is 5.77. The van der Waals surface area contributed by atoms with E-state index in [9.17, 15) is 18.7 Å². The highest BCUT2D eigenvalue weighted by molar-refractivity contribution is 7.13. The first kappa shape index (κ1) is 22.4. The van der Waals surface area contributed by atoms with E-state index in [4.69, 9.17) is 10.5 Å². The zero-order valence-corrected chi connectivity index (χ0v) is 18.2. The second kappa shape index (κ2) is 8.62. The molecule has 0 unspecified atom stereocenters. The molecular formula is C22H22F2N4O3S. The number of anilines is 1. The zero-order chi connectivity index (χ0) is 23.0. The number of thiazole rings is 1. The molecule has 0 radical (unpaired) electrons. The van der Waals surface area contributed by atoms with Gasteiger partial charge in [-0.2, -0.15) is 0 Å². The molecule has 10 heteroatoms. The molecule has 168 valence electrons. The van der Waals surface area contributed by atoms with Crippen molar-refractivity contribution in [2.45, 2.75) is 44.1 Å². The van der Waals surface area contributed by atoms with E-state index in [2.05, 4.69) is 15.3 Å². The van der Waals surface area contributed by atoms with E-state index in [0.717, 1.165) is 23.5 Å². The number of amides is 1. The summed E-state index contributed by atoms with van der Waals surface area (Å²) in [4.78, 5) is 21.0. The Bertz CT molecular complexity index is 1120. The zero-order valence-electron chi connectivity index (χ0n) is 17.4. The van der Waals surface area contributed by atoms with Gasteiger partial charge in [-0.3, -0.25) is 9.78 Å². The number of benzene rings is 1. The molecule has 4 atom stereocenters. The van der Waals surface area contributed by atoms with Crippen molar-refractivity contribution in [1.29, 1.82) is 0 Å². The second-order valence-electron chi connectivity index (χ2n) is 7.89. The molecule has 1 amide bonds. The first-order valence-electron chi connectivity index (χ1n) is 9.97. The fraction of sp³-hybridized carbons (Fsp3) is 0.318. The van der Waals surface area contributed by atoms with Crippen LogP contribution in [0, 0.1) is 11.6 Å². The van der Waals surface area contributed by atoms with Crippen molar-refractivity contribution >= 4 is 22.9 Å². The van der Waals surface area contributed by atoms with E-state index in [1.54, 1.807) is 26.1 Å². The average Bonchev–Trinajstić information content (AvgIpc) is 3.22. The van der Waals surface area contributed by atoms with Gasteiger partial charge in [0.15, 0.2) is 0 Å². The maximum absolute atomic E-state index is 14.0. The lowest BCUT2D eigenvalue weighted by atomic mass is 9.83. The molecule has 2 aromatic heterocycles. The topological polar surface area (TPSA) is 110 Å². The summed E-state index contributed by atoms with van der Waals surface area (Å²) in [5.74, 6) is -2.06. The molecule has 0 spiro atoms. The maximum Gasteiger partial charge on any atom is 0.275 e. The summed E-state index contributed by atoms with van der Waals surface area (Å²) in [6.45, 7) is 3.37. The Morgan fingerprint density at radius 2 is 2.06 bits per heavy atom. The highest BCUT2D eigenvalue weighted by Gasteiger charge is 2.43. The molecular weight excluding hydrogens is 438 g/mol. The predicted molar refractivity (Wildman–Crippen MR) is 116 cm³/mol. The van der Waals surface area contributed by atoms with Crippen molar-refractivity contribution in [3.8, 4) is 10.6 Å². The number of nitrogens with zero attached hydrogens (tertiary/aromatic N) is 2. The van der Waals surface area contributed by atoms with E-state index < -0.39 is 41.4 Å². The summed E-state index contributed by atoms with van der Waals surface area (Å²) in [7, 11) is 0. The Balaban J connectivity index is 1.56. The Labute approximate surface area is 187 Å². The van der Waals surface area contributed by atoms with Crippen LogP contribution in [0.4, 0.5) is 14.5 Å². The number of nitrogens with one attached hydrogen (secondary N) is 1. The summed E-state index contributed by atoms with van der Waals surface area (Å²) < 4.78 is 34.1. The van der Waals surface area contributed by atoms with Crippen LogP contribution in [0.1, 0.15) is 42.4 Å². The number of pyridine rings is 1. The number of hydrogen-bond acceptors (Lipinski definition) is 7. The monoisotopic (exact) mass is 460 g/mol. The first-order valence-corrected chi connectivity index (χ1v) is 10.8. The summed E-state index contributed by atoms with van der Waals surface area (Å²) in [6, 6.07) is 4.72. The Kier molecular flexibility index (Phi) is 6.04. The van der Waals surface area contributed by atoms with Crippen LogP contribution in [0.3, 0.4) is 0 Å². The third-order valence-electron chi connectivity index (χ3n) is 5.77. The number of aromatic nitrogens is 2. The molecule has 32 heavy (non-hydrogen) atoms. The number of ether oxygens (including phenoxy) is 1. The molecule has 3 heterocycles. The Hall–Kier alpha value is -2.79. The van der Waals surface area contributed by atoms with Gasteiger partial charge in [-0.05, 0) is 38.5 Å². The number of halogens is 2. The van der Waals surface area contributed by atoms with Crippen LogP contribution in [0.25, 0.3) is 10.6 Å². The van der Waals surface area contributed by atoms with Crippen molar-refractivity contribution in [3.05, 3.63) is 64.9 Å². The van der Waals surface area contributed by atoms with Crippen LogP contribution in [0.5, 0.6) is 0 Å². The van der Waals surface area contributed by atoms with Gasteiger partial charge in [0.1, 0.15) is 27.9 Å². The average molecular weight is 461 g/mol. The molecule has 0 saturated carbocycles. The number of aliphatic hydroxyl groups is 1. The highest BCUT2D eigenvalue weighted by atomic mass is 32.1. The number of carbonyl (C=O) groups excluding carboxylic acids is 1.